The Hall–Kier alpha value is -2.60. The fourth-order valence-corrected chi connectivity index (χ4v) is 5.86. The molecule has 0 amide bonds. The van der Waals surface area contributed by atoms with Crippen molar-refractivity contribution in [1.29, 1.82) is 0 Å². The molecule has 1 atom stereocenters. The minimum absolute atomic E-state index is 0.196. The van der Waals surface area contributed by atoms with Gasteiger partial charge in [0.2, 0.25) is 0 Å². The number of hydrogen-bond donors (Lipinski definition) is 1. The molecule has 8 heteroatoms. The molecule has 7 nitrogen and oxygen atoms in total. The Bertz CT molecular complexity index is 1080. The number of benzene rings is 2. The number of hydrogen-bond acceptors (Lipinski definition) is 5. The van der Waals surface area contributed by atoms with E-state index in [0.29, 0.717) is 34.9 Å². The summed E-state index contributed by atoms with van der Waals surface area (Å²) < 4.78 is 32.3. The van der Waals surface area contributed by atoms with Gasteiger partial charge in [-0.1, -0.05) is 30.3 Å². The maximum atomic E-state index is 13.9. The molecule has 1 unspecified atom stereocenters. The summed E-state index contributed by atoms with van der Waals surface area (Å²) in [6.07, 6.45) is 0. The van der Waals surface area contributed by atoms with Crippen LogP contribution in [0.3, 0.4) is 0 Å². The molecule has 0 saturated carbocycles. The Kier molecular flexibility index (Phi) is 7.55. The molecule has 1 aromatic heterocycles. The van der Waals surface area contributed by atoms with E-state index in [1.165, 1.54) is 4.68 Å². The molecule has 1 N–H and O–H groups in total. The van der Waals surface area contributed by atoms with Gasteiger partial charge in [-0.15, -0.1) is 0 Å². The summed E-state index contributed by atoms with van der Waals surface area (Å²) in [6.45, 7) is 8.14. The first-order valence-electron chi connectivity index (χ1n) is 10.4. The van der Waals surface area contributed by atoms with Crippen LogP contribution >= 0.6 is 7.60 Å². The van der Waals surface area contributed by atoms with Gasteiger partial charge in [-0.05, 0) is 57.5 Å². The van der Waals surface area contributed by atoms with Gasteiger partial charge in [-0.3, -0.25) is 14.5 Å². The van der Waals surface area contributed by atoms with Crippen LogP contribution < -0.4 is 10.3 Å². The predicted octanol–water partition coefficient (Wildman–Crippen LogP) is 5.23. The van der Waals surface area contributed by atoms with Crippen molar-refractivity contribution in [3.05, 3.63) is 81.8 Å². The van der Waals surface area contributed by atoms with Gasteiger partial charge < -0.3 is 13.8 Å². The standard InChI is InChI=1S/C23H29N2O5P/c1-5-28-20-15-13-18(14-16-20)22(31(27,29-6-2)30-7-3)21-17(4)24-25(23(21)26)19-11-9-8-10-12-19/h8-16,22,24H,5-7H2,1-4H3. The molecular formula is C23H29N2O5P. The van der Waals surface area contributed by atoms with Crippen LogP contribution in [-0.2, 0) is 13.6 Å². The molecule has 0 spiro atoms. The lowest BCUT2D eigenvalue weighted by molar-refractivity contribution is 0.215. The molecule has 0 aliphatic heterocycles. The van der Waals surface area contributed by atoms with Crippen LogP contribution in [0.5, 0.6) is 5.75 Å². The van der Waals surface area contributed by atoms with Crippen LogP contribution in [0.25, 0.3) is 5.69 Å². The first-order valence-corrected chi connectivity index (χ1v) is 12.0. The molecule has 2 aromatic carbocycles. The van der Waals surface area contributed by atoms with Crippen LogP contribution in [0, 0.1) is 6.92 Å². The zero-order valence-corrected chi connectivity index (χ0v) is 19.2. The van der Waals surface area contributed by atoms with Crippen molar-refractivity contribution < 1.29 is 18.3 Å². The zero-order chi connectivity index (χ0) is 22.4. The number of H-pyrrole nitrogens is 1. The summed E-state index contributed by atoms with van der Waals surface area (Å²) in [5.41, 5.74) is 1.15. The first kappa shape index (κ1) is 23.1. The van der Waals surface area contributed by atoms with E-state index in [2.05, 4.69) is 5.10 Å². The number of aryl methyl sites for hydroxylation is 1. The average molecular weight is 444 g/mol. The molecule has 0 radical (unpaired) electrons. The van der Waals surface area contributed by atoms with Crippen LogP contribution in [0.2, 0.25) is 0 Å². The average Bonchev–Trinajstić information content (AvgIpc) is 3.05. The topological polar surface area (TPSA) is 82.6 Å². The minimum Gasteiger partial charge on any atom is -0.494 e. The van der Waals surface area contributed by atoms with Crippen molar-refractivity contribution in [3.8, 4) is 11.4 Å². The van der Waals surface area contributed by atoms with E-state index >= 15 is 0 Å². The Balaban J connectivity index is 2.21. The van der Waals surface area contributed by atoms with Crippen molar-refractivity contribution in [3.63, 3.8) is 0 Å². The Morgan fingerprint density at radius 2 is 1.55 bits per heavy atom. The normalized spacial score (nSPS) is 12.6. The van der Waals surface area contributed by atoms with E-state index in [-0.39, 0.29) is 18.8 Å². The van der Waals surface area contributed by atoms with Gasteiger partial charge in [0.05, 0.1) is 31.1 Å². The van der Waals surface area contributed by atoms with Crippen molar-refractivity contribution in [1.82, 2.24) is 9.78 Å². The number of ether oxygens (including phenoxy) is 1. The largest absolute Gasteiger partial charge is 0.494 e. The van der Waals surface area contributed by atoms with Crippen molar-refractivity contribution >= 4 is 7.60 Å². The van der Waals surface area contributed by atoms with Crippen molar-refractivity contribution in [2.45, 2.75) is 33.4 Å². The highest BCUT2D eigenvalue weighted by atomic mass is 31.2. The molecule has 3 aromatic rings. The fraction of sp³-hybridized carbons (Fsp3) is 0.348. The van der Waals surface area contributed by atoms with Crippen LogP contribution in [-0.4, -0.2) is 29.6 Å². The minimum atomic E-state index is -3.71. The van der Waals surface area contributed by atoms with Gasteiger partial charge >= 0.3 is 7.60 Å². The second-order valence-corrected chi connectivity index (χ2v) is 9.02. The monoisotopic (exact) mass is 444 g/mol. The third-order valence-electron chi connectivity index (χ3n) is 4.85. The lowest BCUT2D eigenvalue weighted by Crippen LogP contribution is -2.21. The van der Waals surface area contributed by atoms with Gasteiger partial charge in [0.25, 0.3) is 5.56 Å². The number of rotatable bonds is 10. The SMILES string of the molecule is CCOc1ccc(C(c2c(C)[nH]n(-c3ccccc3)c2=O)P(=O)(OCC)OCC)cc1. The molecule has 0 fully saturated rings. The van der Waals surface area contributed by atoms with Crippen molar-refractivity contribution in [2.75, 3.05) is 19.8 Å². The van der Waals surface area contributed by atoms with E-state index in [0.717, 1.165) is 0 Å². The van der Waals surface area contributed by atoms with E-state index in [4.69, 9.17) is 13.8 Å². The highest BCUT2D eigenvalue weighted by molar-refractivity contribution is 7.54. The lowest BCUT2D eigenvalue weighted by atomic mass is 10.0. The summed E-state index contributed by atoms with van der Waals surface area (Å²) >= 11 is 0. The second-order valence-electron chi connectivity index (χ2n) is 6.91. The van der Waals surface area contributed by atoms with E-state index in [1.54, 1.807) is 45.0 Å². The molecule has 3 rings (SSSR count). The van der Waals surface area contributed by atoms with Crippen molar-refractivity contribution in [2.24, 2.45) is 0 Å². The number of aromatic amines is 1. The smallest absolute Gasteiger partial charge is 0.342 e. The number of para-hydroxylation sites is 1. The Labute approximate surface area is 182 Å². The summed E-state index contributed by atoms with van der Waals surface area (Å²) in [4.78, 5) is 13.5. The van der Waals surface area contributed by atoms with Gasteiger partial charge in [0.15, 0.2) is 0 Å². The third-order valence-corrected chi connectivity index (χ3v) is 7.27. The van der Waals surface area contributed by atoms with Crippen LogP contribution in [0.1, 0.15) is 43.3 Å². The molecular weight excluding hydrogens is 415 g/mol. The molecule has 0 aliphatic rings. The second kappa shape index (κ2) is 10.1. The fourth-order valence-electron chi connectivity index (χ4n) is 3.61. The molecule has 31 heavy (non-hydrogen) atoms. The molecule has 0 saturated heterocycles. The summed E-state index contributed by atoms with van der Waals surface area (Å²) in [5.74, 6) is 0.695. The van der Waals surface area contributed by atoms with E-state index in [1.807, 2.05) is 37.3 Å². The van der Waals surface area contributed by atoms with Crippen LogP contribution in [0.4, 0.5) is 0 Å². The number of nitrogens with zero attached hydrogens (tertiary/aromatic N) is 1. The Morgan fingerprint density at radius 1 is 0.935 bits per heavy atom. The third kappa shape index (κ3) is 4.85. The summed E-state index contributed by atoms with van der Waals surface area (Å²) in [7, 11) is -3.71. The first-order chi connectivity index (χ1) is 14.9. The maximum Gasteiger partial charge on any atom is 0.342 e. The molecule has 0 bridgehead atoms. The van der Waals surface area contributed by atoms with Crippen LogP contribution in [0.15, 0.2) is 59.4 Å². The highest BCUT2D eigenvalue weighted by Gasteiger charge is 2.41. The predicted molar refractivity (Wildman–Crippen MR) is 121 cm³/mol. The Morgan fingerprint density at radius 3 is 2.10 bits per heavy atom. The van der Waals surface area contributed by atoms with E-state index < -0.39 is 13.3 Å². The highest BCUT2D eigenvalue weighted by Crippen LogP contribution is 2.63. The van der Waals surface area contributed by atoms with Gasteiger partial charge in [-0.25, -0.2) is 4.68 Å². The quantitative estimate of drug-likeness (QED) is 0.433. The zero-order valence-electron chi connectivity index (χ0n) is 18.3. The summed E-state index contributed by atoms with van der Waals surface area (Å²) in [5, 5.41) is 3.11. The van der Waals surface area contributed by atoms with Gasteiger partial charge in [-0.2, -0.15) is 0 Å². The van der Waals surface area contributed by atoms with Gasteiger partial charge in [0, 0.05) is 5.69 Å². The molecule has 0 aliphatic carbocycles. The molecule has 1 heterocycles. The van der Waals surface area contributed by atoms with Gasteiger partial charge in [0.1, 0.15) is 11.4 Å². The molecule has 166 valence electrons. The lowest BCUT2D eigenvalue weighted by Gasteiger charge is -2.26. The number of nitrogens with one attached hydrogen (secondary N) is 1. The number of aromatic nitrogens is 2. The van der Waals surface area contributed by atoms with E-state index in [9.17, 15) is 9.36 Å². The summed E-state index contributed by atoms with van der Waals surface area (Å²) in [6, 6.07) is 16.5. The maximum absolute atomic E-state index is 13.9.